The average Bonchev–Trinajstić information content (AvgIpc) is 4.27. The summed E-state index contributed by atoms with van der Waals surface area (Å²) in [5.41, 5.74) is 19.6. The molecule has 9 aromatic carbocycles. The van der Waals surface area contributed by atoms with Crippen LogP contribution in [0, 0.1) is 11.6 Å². The molecule has 0 spiro atoms. The van der Waals surface area contributed by atoms with Crippen LogP contribution in [-0.4, -0.2) is 0 Å². The van der Waals surface area contributed by atoms with Gasteiger partial charge in [-0.3, -0.25) is 0 Å². The second-order valence-electron chi connectivity index (χ2n) is 18.4. The number of halogens is 2. The molecular weight excluding hydrogens is 911 g/mol. The third-order valence-electron chi connectivity index (χ3n) is 15.1. The smallest absolute Gasteiger partial charge is 0.139 e. The molecule has 0 amide bonds. The van der Waals surface area contributed by atoms with Crippen LogP contribution in [-0.2, 0) is 0 Å². The van der Waals surface area contributed by atoms with E-state index in [1.165, 1.54) is 129 Å². The SMILES string of the molecule is Fc1c2ccc(-c3cc4c(s3)-c3ccc5c6c(ccc-4c36)-c3cc(-c4ccccc4)sc3-5)cc2c(F)c2ccc(-c3cc4c(s3)-c3ccc5c6c(ccc-4c36)-c3cc(-c4ccccc4)sc3-5)cc12. The molecule has 0 nitrogen and oxygen atoms in total. The van der Waals surface area contributed by atoms with Crippen molar-refractivity contribution in [1.82, 2.24) is 0 Å². The lowest BCUT2D eigenvalue weighted by Crippen LogP contribution is -1.91. The molecule has 13 aromatic rings. The van der Waals surface area contributed by atoms with Gasteiger partial charge in [-0.1, -0.05) is 133 Å². The lowest BCUT2D eigenvalue weighted by Gasteiger charge is -2.11. The first-order valence-corrected chi connectivity index (χ1v) is 26.0. The summed E-state index contributed by atoms with van der Waals surface area (Å²) in [5, 5.41) is 6.55. The van der Waals surface area contributed by atoms with E-state index in [0.717, 1.165) is 20.9 Å². The second-order valence-corrected chi connectivity index (χ2v) is 22.6. The summed E-state index contributed by atoms with van der Waals surface area (Å²) in [7, 11) is 0. The predicted molar refractivity (Wildman–Crippen MR) is 287 cm³/mol. The Labute approximate surface area is 403 Å². The van der Waals surface area contributed by atoms with E-state index in [4.69, 9.17) is 0 Å². The molecule has 4 aliphatic carbocycles. The molecule has 0 bridgehead atoms. The highest BCUT2D eigenvalue weighted by Gasteiger charge is 2.34. The van der Waals surface area contributed by atoms with Gasteiger partial charge in [0.05, 0.1) is 0 Å². The highest BCUT2D eigenvalue weighted by Crippen LogP contribution is 2.63. The summed E-state index contributed by atoms with van der Waals surface area (Å²) < 4.78 is 33.6. The molecule has 6 heteroatoms. The molecule has 0 radical (unpaired) electrons. The van der Waals surface area contributed by atoms with Gasteiger partial charge in [0.2, 0.25) is 0 Å². The third kappa shape index (κ3) is 4.57. The van der Waals surface area contributed by atoms with E-state index < -0.39 is 0 Å². The minimum absolute atomic E-state index is 0.298. The fraction of sp³-hybridized carbons (Fsp3) is 0. The molecule has 4 heterocycles. The molecule has 68 heavy (non-hydrogen) atoms. The summed E-state index contributed by atoms with van der Waals surface area (Å²) in [4.78, 5) is 9.83. The Hall–Kier alpha value is -7.32. The quantitative estimate of drug-likeness (QED) is 0.154. The molecule has 4 aromatic heterocycles. The monoisotopic (exact) mass is 938 g/mol. The number of rotatable bonds is 4. The van der Waals surface area contributed by atoms with Crippen molar-refractivity contribution in [2.24, 2.45) is 0 Å². The Balaban J connectivity index is 0.707. The van der Waals surface area contributed by atoms with Crippen LogP contribution in [0.2, 0.25) is 0 Å². The first kappa shape index (κ1) is 36.8. The van der Waals surface area contributed by atoms with E-state index in [0.29, 0.717) is 21.5 Å². The zero-order chi connectivity index (χ0) is 44.3. The van der Waals surface area contributed by atoms with Gasteiger partial charge in [0.25, 0.3) is 0 Å². The summed E-state index contributed by atoms with van der Waals surface area (Å²) in [5.74, 6) is -0.776. The van der Waals surface area contributed by atoms with Crippen molar-refractivity contribution in [3.05, 3.63) is 181 Å². The standard InChI is InChI=1S/C62H28F2S4/c63-57-38-14-12-32(52-28-48-36-18-16-34-46-26-50(30-9-5-2-6-10-30)66-60(46)40-20-22-42(62(48)68-52)56(36)54(34)40)24-44(38)58(64)37-13-11-31(23-43(37)57)51-27-47-35-17-15-33-45-25-49(29-7-3-1-4-8-29)65-59(45)39-19-21-41(61(47)67-51)55(35)53(33)39/h1-28H. The second kappa shape index (κ2) is 12.8. The lowest BCUT2D eigenvalue weighted by molar-refractivity contribution is 0.635. The maximum absolute atomic E-state index is 16.8. The Morgan fingerprint density at radius 2 is 0.529 bits per heavy atom. The van der Waals surface area contributed by atoms with Crippen LogP contribution in [0.3, 0.4) is 0 Å². The van der Waals surface area contributed by atoms with Crippen LogP contribution in [0.15, 0.2) is 170 Å². The number of fused-ring (bicyclic) bond motifs is 14. The van der Waals surface area contributed by atoms with Crippen molar-refractivity contribution in [3.63, 3.8) is 0 Å². The molecular formula is C62H28F2S4. The van der Waals surface area contributed by atoms with Crippen LogP contribution in [0.1, 0.15) is 0 Å². The molecule has 0 atom stereocenters. The molecule has 17 rings (SSSR count). The summed E-state index contributed by atoms with van der Waals surface area (Å²) in [6, 6.07) is 60.0. The molecule has 0 unspecified atom stereocenters. The summed E-state index contributed by atoms with van der Waals surface area (Å²) in [6.45, 7) is 0. The average molecular weight is 939 g/mol. The minimum Gasteiger partial charge on any atom is -0.206 e. The highest BCUT2D eigenvalue weighted by molar-refractivity contribution is 7.21. The van der Waals surface area contributed by atoms with Gasteiger partial charge in [0.1, 0.15) is 11.6 Å². The minimum atomic E-state index is -0.388. The van der Waals surface area contributed by atoms with Gasteiger partial charge >= 0.3 is 0 Å². The van der Waals surface area contributed by atoms with E-state index in [2.05, 4.69) is 133 Å². The van der Waals surface area contributed by atoms with Gasteiger partial charge in [-0.05, 0) is 102 Å². The summed E-state index contributed by atoms with van der Waals surface area (Å²) >= 11 is 7.22. The Kier molecular flexibility index (Phi) is 6.92. The van der Waals surface area contributed by atoms with Gasteiger partial charge in [0, 0.05) is 105 Å². The zero-order valence-corrected chi connectivity index (χ0v) is 38.8. The van der Waals surface area contributed by atoms with E-state index in [9.17, 15) is 0 Å². The van der Waals surface area contributed by atoms with E-state index >= 15 is 8.78 Å². The van der Waals surface area contributed by atoms with Gasteiger partial charge in [-0.2, -0.15) is 0 Å². The maximum Gasteiger partial charge on any atom is 0.139 e. The van der Waals surface area contributed by atoms with E-state index in [1.807, 2.05) is 46.9 Å². The number of benzene rings is 9. The van der Waals surface area contributed by atoms with E-state index in [1.54, 1.807) is 34.8 Å². The molecule has 4 aliphatic rings. The number of hydrogen-bond acceptors (Lipinski definition) is 4. The molecule has 314 valence electrons. The fourth-order valence-electron chi connectivity index (χ4n) is 12.0. The lowest BCUT2D eigenvalue weighted by atomic mass is 9.96. The van der Waals surface area contributed by atoms with Crippen molar-refractivity contribution in [3.8, 4) is 128 Å². The number of thiophene rings is 4. The normalized spacial score (nSPS) is 12.9. The summed E-state index contributed by atoms with van der Waals surface area (Å²) in [6.07, 6.45) is 0. The van der Waals surface area contributed by atoms with Crippen LogP contribution in [0.5, 0.6) is 0 Å². The van der Waals surface area contributed by atoms with Crippen molar-refractivity contribution >= 4 is 88.4 Å². The Morgan fingerprint density at radius 3 is 0.853 bits per heavy atom. The van der Waals surface area contributed by atoms with Gasteiger partial charge in [-0.25, -0.2) is 8.78 Å². The van der Waals surface area contributed by atoms with Crippen LogP contribution in [0.25, 0.3) is 171 Å². The molecule has 0 saturated heterocycles. The van der Waals surface area contributed by atoms with Crippen LogP contribution in [0.4, 0.5) is 8.78 Å². The number of hydrogen-bond donors (Lipinski definition) is 0. The largest absolute Gasteiger partial charge is 0.206 e. The van der Waals surface area contributed by atoms with Crippen molar-refractivity contribution in [2.45, 2.75) is 0 Å². The van der Waals surface area contributed by atoms with Crippen LogP contribution >= 0.6 is 45.3 Å². The van der Waals surface area contributed by atoms with Crippen molar-refractivity contribution < 1.29 is 8.78 Å². The first-order valence-electron chi connectivity index (χ1n) is 22.8. The zero-order valence-electron chi connectivity index (χ0n) is 35.6. The van der Waals surface area contributed by atoms with E-state index in [-0.39, 0.29) is 11.6 Å². The molecule has 0 N–H and O–H groups in total. The molecule has 0 saturated carbocycles. The van der Waals surface area contributed by atoms with Gasteiger partial charge in [0.15, 0.2) is 0 Å². The van der Waals surface area contributed by atoms with Gasteiger partial charge < -0.3 is 0 Å². The third-order valence-corrected chi connectivity index (χ3v) is 19.9. The maximum atomic E-state index is 16.8. The van der Waals surface area contributed by atoms with Crippen LogP contribution < -0.4 is 0 Å². The Morgan fingerprint density at radius 1 is 0.235 bits per heavy atom. The highest BCUT2D eigenvalue weighted by atomic mass is 32.1. The topological polar surface area (TPSA) is 0 Å². The van der Waals surface area contributed by atoms with Gasteiger partial charge in [-0.15, -0.1) is 45.3 Å². The molecule has 0 fully saturated rings. The van der Waals surface area contributed by atoms with Crippen molar-refractivity contribution in [2.75, 3.05) is 0 Å². The van der Waals surface area contributed by atoms with Crippen molar-refractivity contribution in [1.29, 1.82) is 0 Å². The first-order chi connectivity index (χ1) is 33.5. The Bertz CT molecular complexity index is 4050. The fourth-order valence-corrected chi connectivity index (χ4v) is 16.8. The predicted octanol–water partition coefficient (Wildman–Crippen LogP) is 20.1. The molecule has 0 aliphatic heterocycles.